The predicted octanol–water partition coefficient (Wildman–Crippen LogP) is 1.78. The van der Waals surface area contributed by atoms with Gasteiger partial charge in [-0.1, -0.05) is 5.16 Å². The van der Waals surface area contributed by atoms with Gasteiger partial charge < -0.3 is 9.84 Å². The van der Waals surface area contributed by atoms with Gasteiger partial charge in [0.1, 0.15) is 17.9 Å². The van der Waals surface area contributed by atoms with Gasteiger partial charge in [0.25, 0.3) is 5.91 Å². The molecule has 0 saturated heterocycles. The number of carbonyl (C=O) groups is 1. The Balaban J connectivity index is 1.52. The third-order valence-corrected chi connectivity index (χ3v) is 3.37. The fraction of sp³-hybridized carbons (Fsp3) is 0.214. The normalized spacial score (nSPS) is 14.0. The molecule has 1 N–H and O–H groups in total. The van der Waals surface area contributed by atoms with Gasteiger partial charge in [0.15, 0.2) is 11.5 Å². The number of nitrogens with one attached hydrogen (secondary N) is 1. The van der Waals surface area contributed by atoms with Crippen LogP contribution in [-0.2, 0) is 0 Å². The lowest BCUT2D eigenvalue weighted by molar-refractivity contribution is 0.101. The summed E-state index contributed by atoms with van der Waals surface area (Å²) in [4.78, 5) is 20.3. The molecule has 8 nitrogen and oxygen atoms in total. The molecule has 1 aliphatic rings. The van der Waals surface area contributed by atoms with Crippen molar-refractivity contribution in [2.45, 2.75) is 18.8 Å². The van der Waals surface area contributed by atoms with Gasteiger partial charge in [0.2, 0.25) is 0 Å². The zero-order chi connectivity index (χ0) is 14.9. The van der Waals surface area contributed by atoms with Crippen molar-refractivity contribution >= 4 is 11.7 Å². The lowest BCUT2D eigenvalue weighted by Gasteiger charge is -2.04. The molecule has 1 aliphatic carbocycles. The Kier molecular flexibility index (Phi) is 2.92. The summed E-state index contributed by atoms with van der Waals surface area (Å²) >= 11 is 0. The Morgan fingerprint density at radius 3 is 3.00 bits per heavy atom. The van der Waals surface area contributed by atoms with Crippen LogP contribution in [0, 0.1) is 0 Å². The molecule has 0 bridgehead atoms. The summed E-state index contributed by atoms with van der Waals surface area (Å²) < 4.78 is 6.75. The van der Waals surface area contributed by atoms with Crippen LogP contribution >= 0.6 is 0 Å². The first kappa shape index (κ1) is 12.7. The van der Waals surface area contributed by atoms with Crippen molar-refractivity contribution in [3.63, 3.8) is 0 Å². The van der Waals surface area contributed by atoms with Crippen LogP contribution in [0.3, 0.4) is 0 Å². The fourth-order valence-corrected chi connectivity index (χ4v) is 2.08. The minimum atomic E-state index is -0.360. The van der Waals surface area contributed by atoms with E-state index in [1.54, 1.807) is 35.3 Å². The second-order valence-electron chi connectivity index (χ2n) is 5.05. The first-order valence-electron chi connectivity index (χ1n) is 6.89. The van der Waals surface area contributed by atoms with E-state index in [1.165, 1.54) is 6.33 Å². The summed E-state index contributed by atoms with van der Waals surface area (Å²) in [6.45, 7) is 0. The average Bonchev–Trinajstić information content (AvgIpc) is 3.06. The summed E-state index contributed by atoms with van der Waals surface area (Å²) in [5, 5.41) is 10.6. The summed E-state index contributed by atoms with van der Waals surface area (Å²) in [5.41, 5.74) is 0.251. The third kappa shape index (κ3) is 2.46. The fourth-order valence-electron chi connectivity index (χ4n) is 2.08. The minimum Gasteiger partial charge on any atom is -0.360 e. The van der Waals surface area contributed by atoms with Crippen molar-refractivity contribution in [2.75, 3.05) is 5.32 Å². The van der Waals surface area contributed by atoms with Crippen LogP contribution in [-0.4, -0.2) is 30.8 Å². The molecule has 1 saturated carbocycles. The smallest absolute Gasteiger partial charge is 0.279 e. The van der Waals surface area contributed by atoms with Crippen LogP contribution < -0.4 is 5.32 Å². The molecule has 0 atom stereocenters. The van der Waals surface area contributed by atoms with E-state index in [0.29, 0.717) is 17.6 Å². The summed E-state index contributed by atoms with van der Waals surface area (Å²) in [6.07, 6.45) is 6.96. The lowest BCUT2D eigenvalue weighted by Crippen LogP contribution is -2.14. The van der Waals surface area contributed by atoms with E-state index < -0.39 is 0 Å². The highest BCUT2D eigenvalue weighted by atomic mass is 16.5. The van der Waals surface area contributed by atoms with Crippen LogP contribution in [0.5, 0.6) is 0 Å². The van der Waals surface area contributed by atoms with Crippen LogP contribution in [0.2, 0.25) is 0 Å². The topological polar surface area (TPSA) is 98.7 Å². The minimum absolute atomic E-state index is 0.251. The number of amides is 1. The van der Waals surface area contributed by atoms with Crippen LogP contribution in [0.25, 0.3) is 5.82 Å². The monoisotopic (exact) mass is 296 g/mol. The van der Waals surface area contributed by atoms with E-state index in [1.807, 2.05) is 0 Å². The molecule has 22 heavy (non-hydrogen) atoms. The predicted molar refractivity (Wildman–Crippen MR) is 75.6 cm³/mol. The van der Waals surface area contributed by atoms with Gasteiger partial charge in [-0.25, -0.2) is 14.6 Å². The maximum absolute atomic E-state index is 12.2. The largest absolute Gasteiger partial charge is 0.360 e. The van der Waals surface area contributed by atoms with Crippen molar-refractivity contribution in [3.8, 4) is 5.82 Å². The average molecular weight is 296 g/mol. The molecule has 0 radical (unpaired) electrons. The highest BCUT2D eigenvalue weighted by molar-refractivity contribution is 6.02. The van der Waals surface area contributed by atoms with Gasteiger partial charge in [-0.3, -0.25) is 4.79 Å². The Bertz CT molecular complexity index is 806. The zero-order valence-electron chi connectivity index (χ0n) is 11.5. The number of nitrogens with zero attached hydrogens (tertiary/aromatic N) is 5. The first-order valence-corrected chi connectivity index (χ1v) is 6.89. The molecular formula is C14H12N6O2. The number of hydrogen-bond donors (Lipinski definition) is 1. The molecule has 0 aliphatic heterocycles. The van der Waals surface area contributed by atoms with Gasteiger partial charge in [0.05, 0.1) is 0 Å². The molecule has 0 aromatic carbocycles. The van der Waals surface area contributed by atoms with Crippen molar-refractivity contribution in [1.29, 1.82) is 0 Å². The molecule has 0 unspecified atom stereocenters. The van der Waals surface area contributed by atoms with Crippen LogP contribution in [0.15, 0.2) is 41.4 Å². The zero-order valence-corrected chi connectivity index (χ0v) is 11.5. The molecule has 0 spiro atoms. The van der Waals surface area contributed by atoms with Gasteiger partial charge in [0, 0.05) is 30.4 Å². The molecule has 4 rings (SSSR count). The maximum Gasteiger partial charge on any atom is 0.279 e. The highest BCUT2D eigenvalue weighted by Crippen LogP contribution is 2.40. The maximum atomic E-state index is 12.2. The lowest BCUT2D eigenvalue weighted by atomic mass is 10.3. The van der Waals surface area contributed by atoms with Crippen molar-refractivity contribution in [2.24, 2.45) is 0 Å². The second kappa shape index (κ2) is 5.06. The van der Waals surface area contributed by atoms with Gasteiger partial charge in [-0.05, 0) is 18.9 Å². The Labute approximate surface area is 125 Å². The summed E-state index contributed by atoms with van der Waals surface area (Å²) in [7, 11) is 0. The molecule has 3 aromatic rings. The second-order valence-corrected chi connectivity index (χ2v) is 5.05. The number of hydrogen-bond acceptors (Lipinski definition) is 6. The van der Waals surface area contributed by atoms with Crippen molar-refractivity contribution in [3.05, 3.63) is 48.4 Å². The number of carbonyl (C=O) groups excluding carboxylic acids is 1. The standard InChI is InChI=1S/C14H12N6O2/c21-14(10-6-11(22-19-10)9-2-3-9)18-12-7-13(16-8-15-12)20-5-1-4-17-20/h1,4-9H,2-3H2,(H,15,16,18,21). The van der Waals surface area contributed by atoms with Crippen LogP contribution in [0.1, 0.15) is 35.0 Å². The number of aromatic nitrogens is 5. The molecule has 3 heterocycles. The van der Waals surface area contributed by atoms with E-state index in [2.05, 4.69) is 25.5 Å². The van der Waals surface area contributed by atoms with Crippen molar-refractivity contribution in [1.82, 2.24) is 24.9 Å². The van der Waals surface area contributed by atoms with Gasteiger partial charge in [-0.15, -0.1) is 0 Å². The quantitative estimate of drug-likeness (QED) is 0.788. The molecule has 1 fully saturated rings. The van der Waals surface area contributed by atoms with Gasteiger partial charge in [-0.2, -0.15) is 5.10 Å². The first-order chi connectivity index (χ1) is 10.8. The third-order valence-electron chi connectivity index (χ3n) is 3.37. The van der Waals surface area contributed by atoms with E-state index in [0.717, 1.165) is 18.6 Å². The SMILES string of the molecule is O=C(Nc1cc(-n2cccn2)ncn1)c1cc(C2CC2)on1. The Morgan fingerprint density at radius 1 is 1.32 bits per heavy atom. The Hall–Kier alpha value is -3.03. The van der Waals surface area contributed by atoms with E-state index in [9.17, 15) is 4.79 Å². The number of rotatable bonds is 4. The molecule has 3 aromatic heterocycles. The van der Waals surface area contributed by atoms with E-state index in [-0.39, 0.29) is 11.6 Å². The van der Waals surface area contributed by atoms with Crippen LogP contribution in [0.4, 0.5) is 5.82 Å². The van der Waals surface area contributed by atoms with Gasteiger partial charge >= 0.3 is 0 Å². The number of anilines is 1. The van der Waals surface area contributed by atoms with Crippen molar-refractivity contribution < 1.29 is 9.32 Å². The highest BCUT2D eigenvalue weighted by Gasteiger charge is 2.28. The van der Waals surface area contributed by atoms with E-state index in [4.69, 9.17) is 4.52 Å². The molecule has 110 valence electrons. The summed E-state index contributed by atoms with van der Waals surface area (Å²) in [6, 6.07) is 5.10. The van der Waals surface area contributed by atoms with E-state index >= 15 is 0 Å². The molecule has 1 amide bonds. The molecular weight excluding hydrogens is 284 g/mol. The molecule has 8 heteroatoms. The summed E-state index contributed by atoms with van der Waals surface area (Å²) in [5.74, 6) is 1.76. The Morgan fingerprint density at radius 2 is 2.23 bits per heavy atom.